The van der Waals surface area contributed by atoms with Gasteiger partial charge in [-0.3, -0.25) is 14.9 Å². The maximum Gasteiger partial charge on any atom is 0.338 e. The lowest BCUT2D eigenvalue weighted by atomic mass is 10.1. The van der Waals surface area contributed by atoms with Crippen LogP contribution in [0.2, 0.25) is 0 Å². The normalized spacial score (nSPS) is 10.0. The van der Waals surface area contributed by atoms with E-state index in [1.54, 1.807) is 0 Å². The van der Waals surface area contributed by atoms with Crippen LogP contribution in [-0.2, 0) is 4.74 Å². The van der Waals surface area contributed by atoms with E-state index in [9.17, 15) is 19.7 Å². The van der Waals surface area contributed by atoms with Crippen LogP contribution in [0.4, 0.5) is 5.69 Å². The summed E-state index contributed by atoms with van der Waals surface area (Å²) in [4.78, 5) is 34.4. The van der Waals surface area contributed by atoms with Crippen LogP contribution in [0, 0.1) is 10.1 Å². The summed E-state index contributed by atoms with van der Waals surface area (Å²) in [7, 11) is 4.25. The lowest BCUT2D eigenvalue weighted by Gasteiger charge is -2.13. The minimum Gasteiger partial charge on any atom is -0.493 e. The van der Waals surface area contributed by atoms with Crippen LogP contribution in [-0.4, -0.2) is 44.6 Å². The number of nitrogens with zero attached hydrogens (tertiary/aromatic N) is 1. The standard InChI is InChI=1S/C18H17NO8/c1-24-15-8-12(9-16(25-2)17(15)26-3)18(21)27-10-14(20)11-4-6-13(7-5-11)19(22)23/h4-9H,10H2,1-3H3. The molecule has 0 aliphatic heterocycles. The third-order valence-electron chi connectivity index (χ3n) is 3.63. The number of hydrogen-bond donors (Lipinski definition) is 0. The SMILES string of the molecule is COc1cc(C(=O)OCC(=O)c2ccc([N+](=O)[O-])cc2)cc(OC)c1OC. The number of ketones is 1. The van der Waals surface area contributed by atoms with Crippen molar-refractivity contribution in [2.75, 3.05) is 27.9 Å². The van der Waals surface area contributed by atoms with E-state index in [0.29, 0.717) is 5.75 Å². The molecule has 2 aromatic rings. The lowest BCUT2D eigenvalue weighted by molar-refractivity contribution is -0.384. The van der Waals surface area contributed by atoms with Gasteiger partial charge >= 0.3 is 5.97 Å². The molecule has 27 heavy (non-hydrogen) atoms. The Kier molecular flexibility index (Phi) is 6.32. The van der Waals surface area contributed by atoms with Gasteiger partial charge in [-0.05, 0) is 24.3 Å². The molecule has 0 fully saturated rings. The van der Waals surface area contributed by atoms with Crippen LogP contribution in [0.1, 0.15) is 20.7 Å². The minimum absolute atomic E-state index is 0.112. The number of non-ortho nitro benzene ring substituents is 1. The molecule has 2 aromatic carbocycles. The summed E-state index contributed by atoms with van der Waals surface area (Å²) in [6.45, 7) is -0.521. The van der Waals surface area contributed by atoms with Crippen LogP contribution < -0.4 is 14.2 Å². The van der Waals surface area contributed by atoms with Crippen molar-refractivity contribution in [3.63, 3.8) is 0 Å². The van der Waals surface area contributed by atoms with Crippen LogP contribution in [0.25, 0.3) is 0 Å². The summed E-state index contributed by atoms with van der Waals surface area (Å²) >= 11 is 0. The Labute approximate surface area is 154 Å². The summed E-state index contributed by atoms with van der Waals surface area (Å²) in [6, 6.07) is 7.81. The number of carbonyl (C=O) groups is 2. The second-order valence-corrected chi connectivity index (χ2v) is 5.22. The molecule has 0 aliphatic rings. The summed E-state index contributed by atoms with van der Waals surface area (Å²) in [5.41, 5.74) is 0.167. The van der Waals surface area contributed by atoms with E-state index in [0.717, 1.165) is 0 Å². The average molecular weight is 375 g/mol. The van der Waals surface area contributed by atoms with Crippen molar-refractivity contribution < 1.29 is 33.5 Å². The molecule has 0 unspecified atom stereocenters. The zero-order chi connectivity index (χ0) is 20.0. The fourth-order valence-corrected chi connectivity index (χ4v) is 2.27. The van der Waals surface area contributed by atoms with Gasteiger partial charge in [-0.15, -0.1) is 0 Å². The van der Waals surface area contributed by atoms with Gasteiger partial charge in [0.25, 0.3) is 5.69 Å². The highest BCUT2D eigenvalue weighted by Gasteiger charge is 2.19. The topological polar surface area (TPSA) is 114 Å². The molecule has 0 N–H and O–H groups in total. The maximum atomic E-state index is 12.2. The van der Waals surface area contributed by atoms with E-state index in [1.807, 2.05) is 0 Å². The molecule has 9 heteroatoms. The van der Waals surface area contributed by atoms with Gasteiger partial charge in [-0.2, -0.15) is 0 Å². The number of nitro benzene ring substituents is 1. The monoisotopic (exact) mass is 375 g/mol. The highest BCUT2D eigenvalue weighted by Crippen LogP contribution is 2.38. The zero-order valence-electron chi connectivity index (χ0n) is 14.9. The quantitative estimate of drug-likeness (QED) is 0.299. The Morgan fingerprint density at radius 3 is 1.93 bits per heavy atom. The fraction of sp³-hybridized carbons (Fsp3) is 0.222. The Bertz CT molecular complexity index is 835. The van der Waals surface area contributed by atoms with E-state index in [1.165, 1.54) is 57.7 Å². The summed E-state index contributed by atoms with van der Waals surface area (Å²) in [5.74, 6) is -0.398. The predicted molar refractivity (Wildman–Crippen MR) is 93.8 cm³/mol. The van der Waals surface area contributed by atoms with Crippen molar-refractivity contribution in [3.05, 3.63) is 57.6 Å². The number of rotatable bonds is 8. The summed E-state index contributed by atoms with van der Waals surface area (Å²) in [6.07, 6.45) is 0. The zero-order valence-corrected chi connectivity index (χ0v) is 14.9. The Hall–Kier alpha value is -3.62. The molecule has 9 nitrogen and oxygen atoms in total. The third-order valence-corrected chi connectivity index (χ3v) is 3.63. The Morgan fingerprint density at radius 1 is 0.926 bits per heavy atom. The van der Waals surface area contributed by atoms with E-state index < -0.39 is 23.3 Å². The van der Waals surface area contributed by atoms with Gasteiger partial charge in [-0.1, -0.05) is 0 Å². The Balaban J connectivity index is 2.11. The first kappa shape index (κ1) is 19.7. The number of hydrogen-bond acceptors (Lipinski definition) is 8. The maximum absolute atomic E-state index is 12.2. The molecule has 0 atom stereocenters. The van der Waals surface area contributed by atoms with Crippen LogP contribution in [0.15, 0.2) is 36.4 Å². The van der Waals surface area contributed by atoms with Crippen molar-refractivity contribution >= 4 is 17.4 Å². The number of nitro groups is 1. The molecule has 0 radical (unpaired) electrons. The molecule has 0 aliphatic carbocycles. The Morgan fingerprint density at radius 2 is 1.48 bits per heavy atom. The lowest BCUT2D eigenvalue weighted by Crippen LogP contribution is -2.14. The molecular weight excluding hydrogens is 358 g/mol. The van der Waals surface area contributed by atoms with Gasteiger partial charge in [0.15, 0.2) is 23.9 Å². The van der Waals surface area contributed by atoms with Crippen LogP contribution in [0.3, 0.4) is 0 Å². The first-order valence-corrected chi connectivity index (χ1v) is 7.66. The minimum atomic E-state index is -0.760. The van der Waals surface area contributed by atoms with Crippen molar-refractivity contribution in [1.82, 2.24) is 0 Å². The molecule has 0 spiro atoms. The highest BCUT2D eigenvalue weighted by molar-refractivity contribution is 5.99. The van der Waals surface area contributed by atoms with Gasteiger partial charge in [0.05, 0.1) is 31.8 Å². The van der Waals surface area contributed by atoms with E-state index in [2.05, 4.69) is 0 Å². The average Bonchev–Trinajstić information content (AvgIpc) is 2.70. The molecule has 0 amide bonds. The molecule has 142 valence electrons. The first-order chi connectivity index (χ1) is 12.9. The van der Waals surface area contributed by atoms with Gasteiger partial charge in [0, 0.05) is 17.7 Å². The van der Waals surface area contributed by atoms with Crippen molar-refractivity contribution in [2.45, 2.75) is 0 Å². The number of Topliss-reactive ketones (excluding diaryl/α,β-unsaturated/α-hetero) is 1. The van der Waals surface area contributed by atoms with Gasteiger partial charge < -0.3 is 18.9 Å². The van der Waals surface area contributed by atoms with E-state index in [4.69, 9.17) is 18.9 Å². The molecule has 0 heterocycles. The second kappa shape index (κ2) is 8.65. The van der Waals surface area contributed by atoms with Crippen molar-refractivity contribution in [2.24, 2.45) is 0 Å². The fourth-order valence-electron chi connectivity index (χ4n) is 2.27. The molecule has 0 aromatic heterocycles. The molecule has 0 saturated carbocycles. The largest absolute Gasteiger partial charge is 0.493 e. The van der Waals surface area contributed by atoms with Crippen molar-refractivity contribution in [1.29, 1.82) is 0 Å². The molecule has 0 bridgehead atoms. The second-order valence-electron chi connectivity index (χ2n) is 5.22. The molecular formula is C18H17NO8. The summed E-state index contributed by atoms with van der Waals surface area (Å²) < 4.78 is 20.5. The predicted octanol–water partition coefficient (Wildman–Crippen LogP) is 2.66. The van der Waals surface area contributed by atoms with Crippen molar-refractivity contribution in [3.8, 4) is 17.2 Å². The third kappa shape index (κ3) is 4.51. The number of methoxy groups -OCH3 is 3. The number of esters is 1. The van der Waals surface area contributed by atoms with Crippen LogP contribution >= 0.6 is 0 Å². The number of benzene rings is 2. The van der Waals surface area contributed by atoms with Crippen LogP contribution in [0.5, 0.6) is 17.2 Å². The first-order valence-electron chi connectivity index (χ1n) is 7.66. The van der Waals surface area contributed by atoms with Gasteiger partial charge in [-0.25, -0.2) is 4.79 Å². The van der Waals surface area contributed by atoms with Gasteiger partial charge in [0.1, 0.15) is 0 Å². The van der Waals surface area contributed by atoms with E-state index >= 15 is 0 Å². The number of carbonyl (C=O) groups excluding carboxylic acids is 2. The number of ether oxygens (including phenoxy) is 4. The van der Waals surface area contributed by atoms with E-state index in [-0.39, 0.29) is 28.3 Å². The molecule has 0 saturated heterocycles. The highest BCUT2D eigenvalue weighted by atomic mass is 16.6. The summed E-state index contributed by atoms with van der Waals surface area (Å²) in [5, 5.41) is 10.6. The van der Waals surface area contributed by atoms with Gasteiger partial charge in [0.2, 0.25) is 5.75 Å². The molecule has 2 rings (SSSR count). The smallest absolute Gasteiger partial charge is 0.338 e.